The molecule has 116 valence electrons. The molecule has 0 bridgehead atoms. The smallest absolute Gasteiger partial charge is 0.192 e. The molecule has 0 aliphatic heterocycles. The van der Waals surface area contributed by atoms with E-state index in [1.807, 2.05) is 35.8 Å². The molecule has 0 aliphatic rings. The fraction of sp³-hybridized carbons (Fsp3) is 0.400. The monoisotopic (exact) mass is 336 g/mol. The summed E-state index contributed by atoms with van der Waals surface area (Å²) < 4.78 is 7.14. The van der Waals surface area contributed by atoms with Gasteiger partial charge in [0.15, 0.2) is 11.0 Å². The summed E-state index contributed by atoms with van der Waals surface area (Å²) in [5.74, 6) is 0.778. The minimum atomic E-state index is -0.177. The zero-order valence-electron chi connectivity index (χ0n) is 12.5. The zero-order valence-corrected chi connectivity index (χ0v) is 14.1. The molecule has 22 heavy (non-hydrogen) atoms. The van der Waals surface area contributed by atoms with Crippen molar-refractivity contribution in [3.05, 3.63) is 29.3 Å². The molecule has 0 aliphatic carbocycles. The molecule has 0 unspecified atom stereocenters. The molecule has 0 radical (unpaired) electrons. The predicted molar refractivity (Wildman–Crippen MR) is 87.9 cm³/mol. The fourth-order valence-electron chi connectivity index (χ4n) is 1.94. The molecule has 0 saturated carbocycles. The van der Waals surface area contributed by atoms with Crippen molar-refractivity contribution in [3.63, 3.8) is 0 Å². The SMILES string of the molecule is COCCCn1c(S[C@@H](C)C#N)nnc1-c1ccc(Cl)cc1. The van der Waals surface area contributed by atoms with Crippen molar-refractivity contribution >= 4 is 23.4 Å². The van der Waals surface area contributed by atoms with Crippen molar-refractivity contribution < 1.29 is 4.74 Å². The van der Waals surface area contributed by atoms with Crippen molar-refractivity contribution in [1.29, 1.82) is 5.26 Å². The molecule has 5 nitrogen and oxygen atoms in total. The van der Waals surface area contributed by atoms with Gasteiger partial charge in [0.2, 0.25) is 0 Å². The molecule has 0 saturated heterocycles. The predicted octanol–water partition coefficient (Wildman–Crippen LogP) is 3.64. The first kappa shape index (κ1) is 16.8. The Hall–Kier alpha value is -1.55. The van der Waals surface area contributed by atoms with E-state index >= 15 is 0 Å². The number of hydrogen-bond donors (Lipinski definition) is 0. The summed E-state index contributed by atoms with van der Waals surface area (Å²) in [5, 5.41) is 18.8. The van der Waals surface area contributed by atoms with Gasteiger partial charge in [0.1, 0.15) is 0 Å². The van der Waals surface area contributed by atoms with Crippen LogP contribution in [-0.4, -0.2) is 33.7 Å². The van der Waals surface area contributed by atoms with Crippen molar-refractivity contribution in [3.8, 4) is 17.5 Å². The summed E-state index contributed by atoms with van der Waals surface area (Å²) in [4.78, 5) is 0. The summed E-state index contributed by atoms with van der Waals surface area (Å²) in [6.45, 7) is 3.25. The number of nitriles is 1. The Bertz CT molecular complexity index is 651. The molecule has 0 N–H and O–H groups in total. The average Bonchev–Trinajstić information content (AvgIpc) is 2.91. The maximum Gasteiger partial charge on any atom is 0.192 e. The van der Waals surface area contributed by atoms with Gasteiger partial charge < -0.3 is 9.30 Å². The number of nitrogens with zero attached hydrogens (tertiary/aromatic N) is 4. The van der Waals surface area contributed by atoms with Crippen LogP contribution in [-0.2, 0) is 11.3 Å². The van der Waals surface area contributed by atoms with E-state index in [2.05, 4.69) is 16.3 Å². The highest BCUT2D eigenvalue weighted by molar-refractivity contribution is 8.00. The van der Waals surface area contributed by atoms with E-state index < -0.39 is 0 Å². The van der Waals surface area contributed by atoms with Crippen molar-refractivity contribution in [2.45, 2.75) is 30.3 Å². The molecule has 0 fully saturated rings. The normalized spacial score (nSPS) is 12.1. The van der Waals surface area contributed by atoms with E-state index in [-0.39, 0.29) is 5.25 Å². The second-order valence-electron chi connectivity index (χ2n) is 4.70. The van der Waals surface area contributed by atoms with Gasteiger partial charge in [0.25, 0.3) is 0 Å². The second-order valence-corrected chi connectivity index (χ2v) is 6.44. The summed E-state index contributed by atoms with van der Waals surface area (Å²) in [7, 11) is 1.68. The molecule has 1 heterocycles. The lowest BCUT2D eigenvalue weighted by Gasteiger charge is -2.10. The lowest BCUT2D eigenvalue weighted by Crippen LogP contribution is -2.06. The van der Waals surface area contributed by atoms with Gasteiger partial charge in [-0.3, -0.25) is 0 Å². The van der Waals surface area contributed by atoms with E-state index in [0.717, 1.165) is 29.5 Å². The van der Waals surface area contributed by atoms with Crippen LogP contribution in [0, 0.1) is 11.3 Å². The Morgan fingerprint density at radius 1 is 1.36 bits per heavy atom. The Balaban J connectivity index is 2.31. The third-order valence-electron chi connectivity index (χ3n) is 3.01. The minimum absolute atomic E-state index is 0.177. The van der Waals surface area contributed by atoms with E-state index in [4.69, 9.17) is 21.6 Å². The first-order chi connectivity index (χ1) is 10.7. The number of benzene rings is 1. The molecule has 1 aromatic heterocycles. The fourth-order valence-corrected chi connectivity index (χ4v) is 2.83. The zero-order chi connectivity index (χ0) is 15.9. The summed E-state index contributed by atoms with van der Waals surface area (Å²) in [6, 6.07) is 9.70. The molecular formula is C15H17ClN4OS. The second kappa shape index (κ2) is 8.18. The van der Waals surface area contributed by atoms with Gasteiger partial charge in [-0.25, -0.2) is 0 Å². The first-order valence-corrected chi connectivity index (χ1v) is 8.16. The summed E-state index contributed by atoms with van der Waals surface area (Å²) >= 11 is 7.34. The molecule has 7 heteroatoms. The van der Waals surface area contributed by atoms with E-state index in [1.54, 1.807) is 7.11 Å². The number of halogens is 1. The highest BCUT2D eigenvalue weighted by atomic mass is 35.5. The van der Waals surface area contributed by atoms with Crippen LogP contribution in [0.15, 0.2) is 29.4 Å². The van der Waals surface area contributed by atoms with Crippen LogP contribution in [0.25, 0.3) is 11.4 Å². The van der Waals surface area contributed by atoms with E-state index in [1.165, 1.54) is 11.8 Å². The van der Waals surface area contributed by atoms with Gasteiger partial charge in [-0.15, -0.1) is 10.2 Å². The molecular weight excluding hydrogens is 320 g/mol. The maximum atomic E-state index is 8.99. The van der Waals surface area contributed by atoms with Crippen molar-refractivity contribution in [2.24, 2.45) is 0 Å². The number of methoxy groups -OCH3 is 1. The van der Waals surface area contributed by atoms with Crippen LogP contribution in [0.2, 0.25) is 5.02 Å². The quantitative estimate of drug-likeness (QED) is 0.570. The largest absolute Gasteiger partial charge is 0.385 e. The number of aromatic nitrogens is 3. The Morgan fingerprint density at radius 3 is 2.73 bits per heavy atom. The lowest BCUT2D eigenvalue weighted by molar-refractivity contribution is 0.189. The van der Waals surface area contributed by atoms with Gasteiger partial charge >= 0.3 is 0 Å². The molecule has 2 aromatic rings. The van der Waals surface area contributed by atoms with E-state index in [9.17, 15) is 0 Å². The van der Waals surface area contributed by atoms with Gasteiger partial charge in [-0.1, -0.05) is 23.4 Å². The highest BCUT2D eigenvalue weighted by Gasteiger charge is 2.16. The van der Waals surface area contributed by atoms with Crippen LogP contribution in [0.5, 0.6) is 0 Å². The third-order valence-corrected chi connectivity index (χ3v) is 4.24. The van der Waals surface area contributed by atoms with Crippen molar-refractivity contribution in [2.75, 3.05) is 13.7 Å². The third kappa shape index (κ3) is 4.23. The Morgan fingerprint density at radius 2 is 2.09 bits per heavy atom. The highest BCUT2D eigenvalue weighted by Crippen LogP contribution is 2.27. The van der Waals surface area contributed by atoms with Crippen LogP contribution in [0.1, 0.15) is 13.3 Å². The molecule has 0 amide bonds. The number of thioether (sulfide) groups is 1. The van der Waals surface area contributed by atoms with Crippen LogP contribution < -0.4 is 0 Å². The van der Waals surface area contributed by atoms with Gasteiger partial charge in [0, 0.05) is 30.8 Å². The Kier molecular flexibility index (Phi) is 6.25. The van der Waals surface area contributed by atoms with Crippen LogP contribution in [0.4, 0.5) is 0 Å². The van der Waals surface area contributed by atoms with Crippen molar-refractivity contribution in [1.82, 2.24) is 14.8 Å². The standard InChI is InChI=1S/C15H17ClN4OS/c1-11(10-17)22-15-19-18-14(20(15)8-3-9-21-2)12-4-6-13(16)7-5-12/h4-7,11H,3,8-9H2,1-2H3/t11-/m0/s1. The van der Waals surface area contributed by atoms with Crippen LogP contribution >= 0.6 is 23.4 Å². The van der Waals surface area contributed by atoms with Gasteiger partial charge in [-0.05, 0) is 37.6 Å². The van der Waals surface area contributed by atoms with Gasteiger partial charge in [-0.2, -0.15) is 5.26 Å². The minimum Gasteiger partial charge on any atom is -0.385 e. The lowest BCUT2D eigenvalue weighted by atomic mass is 10.2. The molecule has 2 rings (SSSR count). The first-order valence-electron chi connectivity index (χ1n) is 6.90. The molecule has 1 atom stereocenters. The molecule has 1 aromatic carbocycles. The molecule has 0 spiro atoms. The number of rotatable bonds is 7. The Labute approximate surface area is 139 Å². The number of ether oxygens (including phenoxy) is 1. The van der Waals surface area contributed by atoms with Crippen LogP contribution in [0.3, 0.4) is 0 Å². The summed E-state index contributed by atoms with van der Waals surface area (Å²) in [5.41, 5.74) is 0.950. The number of hydrogen-bond acceptors (Lipinski definition) is 5. The average molecular weight is 337 g/mol. The van der Waals surface area contributed by atoms with Gasteiger partial charge in [0.05, 0.1) is 11.3 Å². The maximum absolute atomic E-state index is 8.99. The topological polar surface area (TPSA) is 63.7 Å². The van der Waals surface area contributed by atoms with E-state index in [0.29, 0.717) is 11.6 Å². The summed E-state index contributed by atoms with van der Waals surface area (Å²) in [6.07, 6.45) is 0.851.